The Bertz CT molecular complexity index is 679. The second-order valence-corrected chi connectivity index (χ2v) is 5.28. The van der Waals surface area contributed by atoms with Crippen LogP contribution in [0.5, 0.6) is 17.2 Å². The van der Waals surface area contributed by atoms with Crippen molar-refractivity contribution >= 4 is 5.97 Å². The van der Waals surface area contributed by atoms with Crippen LogP contribution in [0.2, 0.25) is 0 Å². The van der Waals surface area contributed by atoms with Crippen LogP contribution < -0.4 is 14.2 Å². The number of benzene rings is 2. The minimum Gasteiger partial charge on any atom is -0.497 e. The van der Waals surface area contributed by atoms with Crippen LogP contribution in [0.15, 0.2) is 42.5 Å². The molecule has 0 aromatic heterocycles. The predicted octanol–water partition coefficient (Wildman–Crippen LogP) is 3.51. The van der Waals surface area contributed by atoms with E-state index in [1.165, 1.54) is 7.11 Å². The highest BCUT2D eigenvalue weighted by molar-refractivity contribution is 5.78. The summed E-state index contributed by atoms with van der Waals surface area (Å²) in [5, 5.41) is 9.66. The Hall–Kier alpha value is -2.69. The summed E-state index contributed by atoms with van der Waals surface area (Å²) in [5.74, 6) is 0.305. The van der Waals surface area contributed by atoms with Crippen LogP contribution in [0.25, 0.3) is 0 Å². The lowest BCUT2D eigenvalue weighted by atomic mass is 9.91. The molecule has 5 heteroatoms. The molecule has 1 atom stereocenters. The second-order valence-electron chi connectivity index (χ2n) is 5.28. The summed E-state index contributed by atoms with van der Waals surface area (Å²) in [4.78, 5) is 11.8. The molecule has 0 heterocycles. The van der Waals surface area contributed by atoms with E-state index in [2.05, 4.69) is 0 Å². The van der Waals surface area contributed by atoms with Crippen molar-refractivity contribution in [3.05, 3.63) is 53.6 Å². The van der Waals surface area contributed by atoms with Gasteiger partial charge in [0.2, 0.25) is 0 Å². The highest BCUT2D eigenvalue weighted by atomic mass is 16.5. The van der Waals surface area contributed by atoms with Crippen LogP contribution in [-0.2, 0) is 11.2 Å². The standard InChI is InChI=1S/C19H22O5/c1-4-24-14-7-5-13(6-8-14)11-17(19(20)21)16-10-9-15(22-2)12-18(16)23-3/h5-10,12,17H,4,11H2,1-3H3,(H,20,21). The number of carboxylic acid groups (broad SMARTS) is 1. The van der Waals surface area contributed by atoms with Crippen molar-refractivity contribution in [2.75, 3.05) is 20.8 Å². The molecule has 0 saturated carbocycles. The summed E-state index contributed by atoms with van der Waals surface area (Å²) < 4.78 is 15.9. The molecule has 1 N–H and O–H groups in total. The fraction of sp³-hybridized carbons (Fsp3) is 0.316. The summed E-state index contributed by atoms with van der Waals surface area (Å²) in [6, 6.07) is 12.7. The van der Waals surface area contributed by atoms with Crippen molar-refractivity contribution in [1.82, 2.24) is 0 Å². The first-order valence-corrected chi connectivity index (χ1v) is 7.75. The van der Waals surface area contributed by atoms with Gasteiger partial charge in [0, 0.05) is 11.6 Å². The van der Waals surface area contributed by atoms with E-state index >= 15 is 0 Å². The average Bonchev–Trinajstić information content (AvgIpc) is 2.60. The van der Waals surface area contributed by atoms with Crippen LogP contribution in [0.1, 0.15) is 24.0 Å². The highest BCUT2D eigenvalue weighted by Crippen LogP contribution is 2.33. The number of aliphatic carboxylic acids is 1. The summed E-state index contributed by atoms with van der Waals surface area (Å²) in [7, 11) is 3.08. The maximum Gasteiger partial charge on any atom is 0.311 e. The van der Waals surface area contributed by atoms with E-state index in [9.17, 15) is 9.90 Å². The fourth-order valence-electron chi connectivity index (χ4n) is 2.56. The summed E-state index contributed by atoms with van der Waals surface area (Å²) in [5.41, 5.74) is 1.54. The Morgan fingerprint density at radius 2 is 1.71 bits per heavy atom. The quantitative estimate of drug-likeness (QED) is 0.802. The summed E-state index contributed by atoms with van der Waals surface area (Å²) in [6.07, 6.45) is 0.366. The third-order valence-electron chi connectivity index (χ3n) is 3.79. The molecule has 0 aliphatic rings. The fourth-order valence-corrected chi connectivity index (χ4v) is 2.56. The first kappa shape index (κ1) is 17.7. The van der Waals surface area contributed by atoms with Gasteiger partial charge in [-0.1, -0.05) is 18.2 Å². The van der Waals surface area contributed by atoms with Crippen LogP contribution in [-0.4, -0.2) is 31.9 Å². The second kappa shape index (κ2) is 8.24. The number of hydrogen-bond acceptors (Lipinski definition) is 4. The maximum absolute atomic E-state index is 11.8. The number of carbonyl (C=O) groups is 1. The van der Waals surface area contributed by atoms with Crippen LogP contribution >= 0.6 is 0 Å². The molecular formula is C19H22O5. The first-order chi connectivity index (χ1) is 11.6. The SMILES string of the molecule is CCOc1ccc(CC(C(=O)O)c2ccc(OC)cc2OC)cc1. The van der Waals surface area contributed by atoms with Crippen molar-refractivity contribution in [3.8, 4) is 17.2 Å². The predicted molar refractivity (Wildman–Crippen MR) is 91.2 cm³/mol. The zero-order valence-electron chi connectivity index (χ0n) is 14.1. The molecule has 2 aromatic rings. The van der Waals surface area contributed by atoms with E-state index in [-0.39, 0.29) is 0 Å². The van der Waals surface area contributed by atoms with Crippen molar-refractivity contribution in [3.63, 3.8) is 0 Å². The lowest BCUT2D eigenvalue weighted by Gasteiger charge is -2.17. The molecule has 0 saturated heterocycles. The highest BCUT2D eigenvalue weighted by Gasteiger charge is 2.24. The molecule has 0 aliphatic heterocycles. The van der Waals surface area contributed by atoms with Gasteiger partial charge >= 0.3 is 5.97 Å². The molecule has 2 rings (SSSR count). The Kier molecular flexibility index (Phi) is 6.07. The smallest absolute Gasteiger partial charge is 0.311 e. The molecule has 5 nitrogen and oxygen atoms in total. The molecule has 0 radical (unpaired) electrons. The lowest BCUT2D eigenvalue weighted by molar-refractivity contribution is -0.138. The molecular weight excluding hydrogens is 308 g/mol. The van der Waals surface area contributed by atoms with Crippen molar-refractivity contribution < 1.29 is 24.1 Å². The van der Waals surface area contributed by atoms with Crippen LogP contribution in [0, 0.1) is 0 Å². The maximum atomic E-state index is 11.8. The van der Waals surface area contributed by atoms with Gasteiger partial charge in [0.05, 0.1) is 26.7 Å². The van der Waals surface area contributed by atoms with Crippen LogP contribution in [0.3, 0.4) is 0 Å². The van der Waals surface area contributed by atoms with Crippen LogP contribution in [0.4, 0.5) is 0 Å². The molecule has 24 heavy (non-hydrogen) atoms. The van der Waals surface area contributed by atoms with E-state index in [0.717, 1.165) is 11.3 Å². The van der Waals surface area contributed by atoms with E-state index in [0.29, 0.717) is 30.1 Å². The Morgan fingerprint density at radius 1 is 1.04 bits per heavy atom. The van der Waals surface area contributed by atoms with Gasteiger partial charge in [0.15, 0.2) is 0 Å². The molecule has 1 unspecified atom stereocenters. The Balaban J connectivity index is 2.28. The Labute approximate surface area is 141 Å². The lowest BCUT2D eigenvalue weighted by Crippen LogP contribution is -2.15. The zero-order valence-corrected chi connectivity index (χ0v) is 14.1. The monoisotopic (exact) mass is 330 g/mol. The number of ether oxygens (including phenoxy) is 3. The van der Waals surface area contributed by atoms with E-state index in [4.69, 9.17) is 14.2 Å². The number of hydrogen-bond donors (Lipinski definition) is 1. The average molecular weight is 330 g/mol. The van der Waals surface area contributed by atoms with Gasteiger partial charge in [-0.3, -0.25) is 4.79 Å². The van der Waals surface area contributed by atoms with E-state index < -0.39 is 11.9 Å². The van der Waals surface area contributed by atoms with E-state index in [1.807, 2.05) is 31.2 Å². The number of methoxy groups -OCH3 is 2. The molecule has 0 amide bonds. The normalized spacial score (nSPS) is 11.6. The minimum atomic E-state index is -0.896. The summed E-state index contributed by atoms with van der Waals surface area (Å²) >= 11 is 0. The molecule has 0 fully saturated rings. The van der Waals surface area contributed by atoms with Gasteiger partial charge in [-0.25, -0.2) is 0 Å². The van der Waals surface area contributed by atoms with Crippen molar-refractivity contribution in [2.45, 2.75) is 19.3 Å². The Morgan fingerprint density at radius 3 is 2.25 bits per heavy atom. The molecule has 0 bridgehead atoms. The topological polar surface area (TPSA) is 65.0 Å². The van der Waals surface area contributed by atoms with Gasteiger partial charge in [0.1, 0.15) is 17.2 Å². The molecule has 0 aliphatic carbocycles. The third-order valence-corrected chi connectivity index (χ3v) is 3.79. The van der Waals surface area contributed by atoms with Gasteiger partial charge in [-0.15, -0.1) is 0 Å². The van der Waals surface area contributed by atoms with Crippen molar-refractivity contribution in [2.24, 2.45) is 0 Å². The third kappa shape index (κ3) is 4.19. The zero-order chi connectivity index (χ0) is 17.5. The minimum absolute atomic E-state index is 0.366. The molecule has 128 valence electrons. The first-order valence-electron chi connectivity index (χ1n) is 7.75. The van der Waals surface area contributed by atoms with E-state index in [1.54, 1.807) is 25.3 Å². The molecule has 2 aromatic carbocycles. The van der Waals surface area contributed by atoms with Gasteiger partial charge in [0.25, 0.3) is 0 Å². The largest absolute Gasteiger partial charge is 0.497 e. The van der Waals surface area contributed by atoms with Crippen molar-refractivity contribution in [1.29, 1.82) is 0 Å². The number of rotatable bonds is 8. The number of carboxylic acids is 1. The van der Waals surface area contributed by atoms with Gasteiger partial charge < -0.3 is 19.3 Å². The van der Waals surface area contributed by atoms with Gasteiger partial charge in [-0.2, -0.15) is 0 Å². The summed E-state index contributed by atoms with van der Waals surface area (Å²) in [6.45, 7) is 2.52. The molecule has 0 spiro atoms. The van der Waals surface area contributed by atoms with Gasteiger partial charge in [-0.05, 0) is 37.1 Å².